The number of nitrogens with zero attached hydrogens (tertiary/aromatic N) is 3. The normalized spacial score (nSPS) is 19.9. The average Bonchev–Trinajstić information content (AvgIpc) is 2.70. The minimum atomic E-state index is 0.0462. The summed E-state index contributed by atoms with van der Waals surface area (Å²) in [5.41, 5.74) is 2.05. The summed E-state index contributed by atoms with van der Waals surface area (Å²) in [4.78, 5) is 22.3. The molecule has 1 fully saturated rings. The molecule has 1 aliphatic carbocycles. The molecule has 19 heavy (non-hydrogen) atoms. The van der Waals surface area contributed by atoms with Crippen LogP contribution < -0.4 is 5.32 Å². The van der Waals surface area contributed by atoms with Gasteiger partial charge in [-0.3, -0.25) is 0 Å². The van der Waals surface area contributed by atoms with Crippen molar-refractivity contribution < 1.29 is 4.79 Å². The van der Waals surface area contributed by atoms with E-state index in [0.717, 1.165) is 24.1 Å². The van der Waals surface area contributed by atoms with E-state index in [2.05, 4.69) is 15.3 Å². The zero-order valence-corrected chi connectivity index (χ0v) is 11.1. The highest BCUT2D eigenvalue weighted by Crippen LogP contribution is 2.21. The smallest absolute Gasteiger partial charge is 0.318 e. The van der Waals surface area contributed by atoms with Crippen LogP contribution in [0.3, 0.4) is 0 Å². The first-order valence-electron chi connectivity index (χ1n) is 7.16. The fourth-order valence-electron chi connectivity index (χ4n) is 2.93. The Morgan fingerprint density at radius 2 is 2.00 bits per heavy atom. The summed E-state index contributed by atoms with van der Waals surface area (Å²) in [6.07, 6.45) is 10.7. The van der Waals surface area contributed by atoms with Gasteiger partial charge in [-0.15, -0.1) is 0 Å². The van der Waals surface area contributed by atoms with Crippen LogP contribution in [0, 0.1) is 0 Å². The molecule has 0 aromatic carbocycles. The second-order valence-corrected chi connectivity index (χ2v) is 5.49. The Morgan fingerprint density at radius 3 is 2.74 bits per heavy atom. The van der Waals surface area contributed by atoms with Crippen LogP contribution in [-0.2, 0) is 13.1 Å². The quantitative estimate of drug-likeness (QED) is 0.788. The highest BCUT2D eigenvalue weighted by molar-refractivity contribution is 5.75. The van der Waals surface area contributed by atoms with E-state index in [1.165, 1.54) is 25.7 Å². The number of hydrogen-bond acceptors (Lipinski definition) is 3. The summed E-state index contributed by atoms with van der Waals surface area (Å²) in [5, 5.41) is 3.17. The lowest BCUT2D eigenvalue weighted by atomic mass is 10.1. The number of aromatic nitrogens is 2. The molecule has 102 valence electrons. The summed E-state index contributed by atoms with van der Waals surface area (Å²) in [6, 6.07) is 0.398. The van der Waals surface area contributed by atoms with Gasteiger partial charge in [-0.2, -0.15) is 0 Å². The zero-order valence-electron chi connectivity index (χ0n) is 11.1. The lowest BCUT2D eigenvalue weighted by molar-refractivity contribution is 0.192. The molecule has 0 saturated heterocycles. The molecule has 2 aliphatic rings. The topological polar surface area (TPSA) is 58.1 Å². The second kappa shape index (κ2) is 5.55. The Balaban J connectivity index is 1.57. The van der Waals surface area contributed by atoms with Gasteiger partial charge < -0.3 is 10.2 Å². The first-order chi connectivity index (χ1) is 9.33. The summed E-state index contributed by atoms with van der Waals surface area (Å²) >= 11 is 0. The minimum absolute atomic E-state index is 0.0462. The number of carbonyl (C=O) groups excluding carboxylic acids is 1. The van der Waals surface area contributed by atoms with Crippen molar-refractivity contribution in [1.82, 2.24) is 20.2 Å². The van der Waals surface area contributed by atoms with Gasteiger partial charge >= 0.3 is 6.03 Å². The third-order valence-electron chi connectivity index (χ3n) is 4.05. The predicted molar refractivity (Wildman–Crippen MR) is 71.3 cm³/mol. The van der Waals surface area contributed by atoms with E-state index in [9.17, 15) is 4.79 Å². The van der Waals surface area contributed by atoms with E-state index in [0.29, 0.717) is 19.1 Å². The molecule has 1 aromatic rings. The third kappa shape index (κ3) is 2.85. The largest absolute Gasteiger partial charge is 0.335 e. The second-order valence-electron chi connectivity index (χ2n) is 5.49. The maximum atomic E-state index is 12.3. The van der Waals surface area contributed by atoms with Crippen molar-refractivity contribution in [1.29, 1.82) is 0 Å². The van der Waals surface area contributed by atoms with Crippen molar-refractivity contribution in [2.45, 2.75) is 57.7 Å². The minimum Gasteiger partial charge on any atom is -0.335 e. The fourth-order valence-corrected chi connectivity index (χ4v) is 2.93. The molecule has 5 heteroatoms. The first kappa shape index (κ1) is 12.4. The van der Waals surface area contributed by atoms with Crippen LogP contribution in [0.15, 0.2) is 12.5 Å². The summed E-state index contributed by atoms with van der Waals surface area (Å²) in [7, 11) is 0. The SMILES string of the molecule is O=C(NC1CCCCCC1)N1Cc2cncnc2C1. The van der Waals surface area contributed by atoms with E-state index < -0.39 is 0 Å². The van der Waals surface area contributed by atoms with Crippen molar-refractivity contribution in [3.05, 3.63) is 23.8 Å². The molecule has 0 spiro atoms. The maximum absolute atomic E-state index is 12.3. The number of carbonyl (C=O) groups is 1. The van der Waals surface area contributed by atoms with Crippen LogP contribution in [0.2, 0.25) is 0 Å². The van der Waals surface area contributed by atoms with Gasteiger partial charge in [0.25, 0.3) is 0 Å². The molecule has 0 atom stereocenters. The van der Waals surface area contributed by atoms with Gasteiger partial charge in [-0.25, -0.2) is 14.8 Å². The molecule has 1 aromatic heterocycles. The van der Waals surface area contributed by atoms with Gasteiger partial charge in [0.15, 0.2) is 0 Å². The van der Waals surface area contributed by atoms with Crippen molar-refractivity contribution in [2.24, 2.45) is 0 Å². The van der Waals surface area contributed by atoms with E-state index >= 15 is 0 Å². The molecule has 2 heterocycles. The third-order valence-corrected chi connectivity index (χ3v) is 4.05. The Labute approximate surface area is 113 Å². The standard InChI is InChI=1S/C14H20N4O/c19-14(17-12-5-3-1-2-4-6-12)18-8-11-7-15-10-16-13(11)9-18/h7,10,12H,1-6,8-9H2,(H,17,19). The molecule has 5 nitrogen and oxygen atoms in total. The van der Waals surface area contributed by atoms with Crippen LogP contribution in [0.4, 0.5) is 4.79 Å². The lowest BCUT2D eigenvalue weighted by Gasteiger charge is -2.21. The molecule has 0 unspecified atom stereocenters. The average molecular weight is 260 g/mol. The molecule has 0 bridgehead atoms. The molecular weight excluding hydrogens is 240 g/mol. The first-order valence-corrected chi connectivity index (χ1v) is 7.16. The highest BCUT2D eigenvalue weighted by atomic mass is 16.2. The summed E-state index contributed by atoms with van der Waals surface area (Å²) in [6.45, 7) is 1.24. The van der Waals surface area contributed by atoms with Crippen LogP contribution in [0.25, 0.3) is 0 Å². The number of amides is 2. The highest BCUT2D eigenvalue weighted by Gasteiger charge is 2.26. The Hall–Kier alpha value is -1.65. The molecule has 1 aliphatic heterocycles. The predicted octanol–water partition coefficient (Wildman–Crippen LogP) is 2.22. The Morgan fingerprint density at radius 1 is 1.21 bits per heavy atom. The summed E-state index contributed by atoms with van der Waals surface area (Å²) in [5.74, 6) is 0. The Kier molecular flexibility index (Phi) is 3.62. The monoisotopic (exact) mass is 260 g/mol. The van der Waals surface area contributed by atoms with Gasteiger partial charge in [-0.05, 0) is 12.8 Å². The Bertz CT molecular complexity index is 430. The van der Waals surface area contributed by atoms with E-state index in [4.69, 9.17) is 0 Å². The van der Waals surface area contributed by atoms with Gasteiger partial charge in [-0.1, -0.05) is 25.7 Å². The maximum Gasteiger partial charge on any atom is 0.318 e. The van der Waals surface area contributed by atoms with Crippen LogP contribution >= 0.6 is 0 Å². The van der Waals surface area contributed by atoms with Crippen LogP contribution in [0.1, 0.15) is 49.8 Å². The number of urea groups is 1. The fraction of sp³-hybridized carbons (Fsp3) is 0.643. The molecule has 0 radical (unpaired) electrons. The number of rotatable bonds is 1. The van der Waals surface area contributed by atoms with Crippen molar-refractivity contribution in [2.75, 3.05) is 0 Å². The lowest BCUT2D eigenvalue weighted by Crippen LogP contribution is -2.42. The molecule has 1 N–H and O–H groups in total. The number of nitrogens with one attached hydrogen (secondary N) is 1. The van der Waals surface area contributed by atoms with Gasteiger partial charge in [0.05, 0.1) is 18.8 Å². The van der Waals surface area contributed by atoms with Gasteiger partial charge in [0, 0.05) is 17.8 Å². The summed E-state index contributed by atoms with van der Waals surface area (Å²) < 4.78 is 0. The van der Waals surface area contributed by atoms with Gasteiger partial charge in [0.2, 0.25) is 0 Å². The molecular formula is C14H20N4O. The van der Waals surface area contributed by atoms with Crippen molar-refractivity contribution >= 4 is 6.03 Å². The van der Waals surface area contributed by atoms with Crippen LogP contribution in [0.5, 0.6) is 0 Å². The molecule has 2 amide bonds. The molecule has 1 saturated carbocycles. The van der Waals surface area contributed by atoms with E-state index in [1.54, 1.807) is 12.5 Å². The van der Waals surface area contributed by atoms with E-state index in [1.807, 2.05) is 4.90 Å². The van der Waals surface area contributed by atoms with Crippen molar-refractivity contribution in [3.8, 4) is 0 Å². The zero-order chi connectivity index (χ0) is 13.1. The van der Waals surface area contributed by atoms with Gasteiger partial charge in [0.1, 0.15) is 6.33 Å². The van der Waals surface area contributed by atoms with Crippen molar-refractivity contribution in [3.63, 3.8) is 0 Å². The number of hydrogen-bond donors (Lipinski definition) is 1. The number of fused-ring (bicyclic) bond motifs is 1. The van der Waals surface area contributed by atoms with Crippen LogP contribution in [-0.4, -0.2) is 26.9 Å². The molecule has 3 rings (SSSR count). The van der Waals surface area contributed by atoms with E-state index in [-0.39, 0.29) is 6.03 Å².